The summed E-state index contributed by atoms with van der Waals surface area (Å²) in [5, 5.41) is 3.59. The lowest BCUT2D eigenvalue weighted by molar-refractivity contribution is -0.140. The fourth-order valence-corrected chi connectivity index (χ4v) is 2.46. The van der Waals surface area contributed by atoms with Crippen LogP contribution in [0.4, 0.5) is 24.5 Å². The SMILES string of the molecule is COc1cc(Nc2cc(C(F)(F)F)nc3ccccc23)cc(OC)c1. The summed E-state index contributed by atoms with van der Waals surface area (Å²) in [6.45, 7) is 0. The van der Waals surface area contributed by atoms with E-state index in [4.69, 9.17) is 9.47 Å². The number of benzene rings is 2. The molecule has 2 aromatic carbocycles. The molecule has 0 saturated heterocycles. The van der Waals surface area contributed by atoms with Gasteiger partial charge in [-0.15, -0.1) is 0 Å². The standard InChI is InChI=1S/C18H15F3N2O2/c1-24-12-7-11(8-13(9-12)25-2)22-16-10-17(18(19,20)21)23-15-6-4-3-5-14(15)16/h3-10H,1-2H3,(H,22,23). The molecule has 0 aliphatic carbocycles. The van der Waals surface area contributed by atoms with Crippen LogP contribution in [0.5, 0.6) is 11.5 Å². The number of anilines is 2. The van der Waals surface area contributed by atoms with Crippen LogP contribution in [-0.4, -0.2) is 19.2 Å². The van der Waals surface area contributed by atoms with Crippen LogP contribution in [0, 0.1) is 0 Å². The number of ether oxygens (including phenoxy) is 2. The number of aromatic nitrogens is 1. The molecule has 4 nitrogen and oxygen atoms in total. The Kier molecular flexibility index (Phi) is 4.39. The van der Waals surface area contributed by atoms with Gasteiger partial charge in [-0.1, -0.05) is 18.2 Å². The molecule has 3 aromatic rings. The highest BCUT2D eigenvalue weighted by Crippen LogP contribution is 2.35. The molecule has 25 heavy (non-hydrogen) atoms. The van der Waals surface area contributed by atoms with Crippen LogP contribution in [0.2, 0.25) is 0 Å². The van der Waals surface area contributed by atoms with E-state index in [0.717, 1.165) is 6.07 Å². The summed E-state index contributed by atoms with van der Waals surface area (Å²) in [6.07, 6.45) is -4.54. The molecule has 7 heteroatoms. The van der Waals surface area contributed by atoms with Crippen molar-refractivity contribution in [3.05, 3.63) is 54.2 Å². The van der Waals surface area contributed by atoms with Crippen molar-refractivity contribution in [3.8, 4) is 11.5 Å². The van der Waals surface area contributed by atoms with Gasteiger partial charge in [0.05, 0.1) is 25.4 Å². The average Bonchev–Trinajstić information content (AvgIpc) is 2.60. The zero-order chi connectivity index (χ0) is 18.0. The number of fused-ring (bicyclic) bond motifs is 1. The van der Waals surface area contributed by atoms with Gasteiger partial charge < -0.3 is 14.8 Å². The van der Waals surface area contributed by atoms with Gasteiger partial charge in [0, 0.05) is 29.3 Å². The molecule has 0 fully saturated rings. The van der Waals surface area contributed by atoms with Gasteiger partial charge in [0.15, 0.2) is 0 Å². The van der Waals surface area contributed by atoms with E-state index in [0.29, 0.717) is 28.3 Å². The zero-order valence-electron chi connectivity index (χ0n) is 13.5. The summed E-state index contributed by atoms with van der Waals surface area (Å²) in [5.41, 5.74) is 0.146. The first-order chi connectivity index (χ1) is 11.9. The van der Waals surface area contributed by atoms with E-state index in [-0.39, 0.29) is 5.52 Å². The number of para-hydroxylation sites is 1. The summed E-state index contributed by atoms with van der Waals surface area (Å²) >= 11 is 0. The molecular formula is C18H15F3N2O2. The molecule has 0 aliphatic rings. The van der Waals surface area contributed by atoms with Gasteiger partial charge >= 0.3 is 6.18 Å². The number of methoxy groups -OCH3 is 2. The Morgan fingerprint density at radius 3 is 2.16 bits per heavy atom. The van der Waals surface area contributed by atoms with Crippen LogP contribution in [0.3, 0.4) is 0 Å². The maximum atomic E-state index is 13.1. The second kappa shape index (κ2) is 6.51. The molecule has 1 heterocycles. The molecule has 1 N–H and O–H groups in total. The maximum absolute atomic E-state index is 13.1. The van der Waals surface area contributed by atoms with E-state index in [1.54, 1.807) is 42.5 Å². The molecule has 0 amide bonds. The fraction of sp³-hybridized carbons (Fsp3) is 0.167. The van der Waals surface area contributed by atoms with E-state index in [2.05, 4.69) is 10.3 Å². The molecule has 0 aliphatic heterocycles. The van der Waals surface area contributed by atoms with Crippen LogP contribution in [0.25, 0.3) is 10.9 Å². The summed E-state index contributed by atoms with van der Waals surface area (Å²) in [6, 6.07) is 12.7. The Bertz CT molecular complexity index is 888. The number of alkyl halides is 3. The lowest BCUT2D eigenvalue weighted by Crippen LogP contribution is -2.09. The zero-order valence-corrected chi connectivity index (χ0v) is 13.5. The third-order valence-corrected chi connectivity index (χ3v) is 3.64. The topological polar surface area (TPSA) is 43.4 Å². The van der Waals surface area contributed by atoms with Gasteiger partial charge in [0.25, 0.3) is 0 Å². The molecular weight excluding hydrogens is 333 g/mol. The maximum Gasteiger partial charge on any atom is 0.433 e. The highest BCUT2D eigenvalue weighted by molar-refractivity contribution is 5.93. The predicted octanol–water partition coefficient (Wildman–Crippen LogP) is 5.01. The van der Waals surface area contributed by atoms with E-state index in [1.807, 2.05) is 0 Å². The van der Waals surface area contributed by atoms with Gasteiger partial charge in [-0.3, -0.25) is 0 Å². The summed E-state index contributed by atoms with van der Waals surface area (Å²) < 4.78 is 49.8. The van der Waals surface area contributed by atoms with E-state index < -0.39 is 11.9 Å². The average molecular weight is 348 g/mol. The van der Waals surface area contributed by atoms with Crippen molar-refractivity contribution in [1.82, 2.24) is 4.98 Å². The van der Waals surface area contributed by atoms with Crippen LogP contribution in [0.1, 0.15) is 5.69 Å². The molecule has 0 spiro atoms. The second-order valence-corrected chi connectivity index (χ2v) is 5.30. The van der Waals surface area contributed by atoms with Gasteiger partial charge in [-0.05, 0) is 12.1 Å². The number of rotatable bonds is 4. The quantitative estimate of drug-likeness (QED) is 0.719. The van der Waals surface area contributed by atoms with Crippen molar-refractivity contribution in [2.24, 2.45) is 0 Å². The van der Waals surface area contributed by atoms with Crippen LogP contribution in [-0.2, 0) is 6.18 Å². The van der Waals surface area contributed by atoms with Crippen molar-refractivity contribution in [2.75, 3.05) is 19.5 Å². The fourth-order valence-electron chi connectivity index (χ4n) is 2.46. The molecule has 1 aromatic heterocycles. The number of halogens is 3. The molecule has 0 saturated carbocycles. The monoisotopic (exact) mass is 348 g/mol. The third kappa shape index (κ3) is 3.60. The predicted molar refractivity (Wildman–Crippen MR) is 89.6 cm³/mol. The largest absolute Gasteiger partial charge is 0.497 e. The van der Waals surface area contributed by atoms with E-state index in [1.165, 1.54) is 14.2 Å². The molecule has 130 valence electrons. The number of nitrogens with zero attached hydrogens (tertiary/aromatic N) is 1. The molecule has 0 unspecified atom stereocenters. The Morgan fingerprint density at radius 1 is 0.920 bits per heavy atom. The molecule has 0 atom stereocenters. The minimum absolute atomic E-state index is 0.259. The molecule has 0 radical (unpaired) electrons. The van der Waals surface area contributed by atoms with Crippen molar-refractivity contribution in [2.45, 2.75) is 6.18 Å². The minimum Gasteiger partial charge on any atom is -0.497 e. The highest BCUT2D eigenvalue weighted by atomic mass is 19.4. The minimum atomic E-state index is -4.54. The van der Waals surface area contributed by atoms with Gasteiger partial charge in [0.1, 0.15) is 17.2 Å². The van der Waals surface area contributed by atoms with Crippen LogP contribution in [0.15, 0.2) is 48.5 Å². The van der Waals surface area contributed by atoms with Crippen LogP contribution < -0.4 is 14.8 Å². The third-order valence-electron chi connectivity index (χ3n) is 3.64. The lowest BCUT2D eigenvalue weighted by atomic mass is 10.1. The van der Waals surface area contributed by atoms with Crippen molar-refractivity contribution < 1.29 is 22.6 Å². The van der Waals surface area contributed by atoms with Crippen LogP contribution >= 0.6 is 0 Å². The first kappa shape index (κ1) is 16.9. The summed E-state index contributed by atoms with van der Waals surface area (Å²) in [4.78, 5) is 3.70. The number of nitrogens with one attached hydrogen (secondary N) is 1. The summed E-state index contributed by atoms with van der Waals surface area (Å²) in [7, 11) is 3.00. The molecule has 0 bridgehead atoms. The van der Waals surface area contributed by atoms with E-state index >= 15 is 0 Å². The van der Waals surface area contributed by atoms with E-state index in [9.17, 15) is 13.2 Å². The van der Waals surface area contributed by atoms with Crippen molar-refractivity contribution in [1.29, 1.82) is 0 Å². The van der Waals surface area contributed by atoms with Gasteiger partial charge in [-0.25, -0.2) is 4.98 Å². The Balaban J connectivity index is 2.12. The first-order valence-corrected chi connectivity index (χ1v) is 7.38. The first-order valence-electron chi connectivity index (χ1n) is 7.38. The lowest BCUT2D eigenvalue weighted by Gasteiger charge is -2.15. The Labute approximate surface area is 142 Å². The van der Waals surface area contributed by atoms with Crippen molar-refractivity contribution >= 4 is 22.3 Å². The highest BCUT2D eigenvalue weighted by Gasteiger charge is 2.33. The number of pyridine rings is 1. The second-order valence-electron chi connectivity index (χ2n) is 5.30. The summed E-state index contributed by atoms with van der Waals surface area (Å²) in [5.74, 6) is 1.05. The number of hydrogen-bond acceptors (Lipinski definition) is 4. The van der Waals surface area contributed by atoms with Crippen molar-refractivity contribution in [3.63, 3.8) is 0 Å². The number of hydrogen-bond donors (Lipinski definition) is 1. The molecule has 3 rings (SSSR count). The Hall–Kier alpha value is -2.96. The normalized spacial score (nSPS) is 11.4. The van der Waals surface area contributed by atoms with Gasteiger partial charge in [-0.2, -0.15) is 13.2 Å². The smallest absolute Gasteiger partial charge is 0.433 e. The van der Waals surface area contributed by atoms with Gasteiger partial charge in [0.2, 0.25) is 0 Å². The Morgan fingerprint density at radius 2 is 1.56 bits per heavy atom.